The van der Waals surface area contributed by atoms with Gasteiger partial charge in [-0.25, -0.2) is 0 Å². The fourth-order valence-corrected chi connectivity index (χ4v) is 5.40. The number of nitrogens with one attached hydrogen (secondary N) is 1. The molecule has 7 heteroatoms. The third-order valence-electron chi connectivity index (χ3n) is 7.65. The van der Waals surface area contributed by atoms with E-state index < -0.39 is 5.79 Å². The van der Waals surface area contributed by atoms with E-state index in [0.29, 0.717) is 19.8 Å². The van der Waals surface area contributed by atoms with Crippen molar-refractivity contribution in [2.75, 3.05) is 46.0 Å². The number of aromatic nitrogens is 1. The van der Waals surface area contributed by atoms with Gasteiger partial charge in [-0.1, -0.05) is 43.3 Å². The van der Waals surface area contributed by atoms with Crippen LogP contribution in [0.4, 0.5) is 0 Å². The van der Waals surface area contributed by atoms with Crippen molar-refractivity contribution in [3.63, 3.8) is 0 Å². The van der Waals surface area contributed by atoms with Crippen molar-refractivity contribution in [3.8, 4) is 0 Å². The molecule has 0 radical (unpaired) electrons. The van der Waals surface area contributed by atoms with Gasteiger partial charge < -0.3 is 29.9 Å². The van der Waals surface area contributed by atoms with E-state index in [4.69, 9.17) is 9.47 Å². The van der Waals surface area contributed by atoms with Crippen LogP contribution < -0.4 is 5.32 Å². The molecule has 4 atom stereocenters. The van der Waals surface area contributed by atoms with Crippen LogP contribution in [0.15, 0.2) is 67.0 Å². The molecule has 1 aromatic heterocycles. The molecule has 0 bridgehead atoms. The van der Waals surface area contributed by atoms with Gasteiger partial charge in [-0.2, -0.15) is 0 Å². The molecule has 4 rings (SSSR count). The van der Waals surface area contributed by atoms with E-state index in [2.05, 4.69) is 71.5 Å². The zero-order chi connectivity index (χ0) is 26.8. The van der Waals surface area contributed by atoms with Crippen molar-refractivity contribution in [2.24, 2.45) is 5.92 Å². The van der Waals surface area contributed by atoms with Gasteiger partial charge in [-0.15, -0.1) is 0 Å². The molecule has 1 fully saturated rings. The Labute approximate surface area is 227 Å². The van der Waals surface area contributed by atoms with Gasteiger partial charge in [0.15, 0.2) is 5.79 Å². The van der Waals surface area contributed by atoms with Gasteiger partial charge in [-0.3, -0.25) is 4.98 Å². The minimum Gasteiger partial charge on any atom is -0.394 e. The summed E-state index contributed by atoms with van der Waals surface area (Å²) in [5.41, 5.74) is 4.68. The number of allylic oxidation sites excluding steroid dienone is 2. The van der Waals surface area contributed by atoms with Gasteiger partial charge in [0.05, 0.1) is 32.0 Å². The summed E-state index contributed by atoms with van der Waals surface area (Å²) in [5, 5.41) is 23.1. The summed E-state index contributed by atoms with van der Waals surface area (Å²) < 4.78 is 13.1. The number of β-amino-alcohol motifs (C(OH)–C–C–N with tert-alkyl or cyclic N) is 1. The van der Waals surface area contributed by atoms with Crippen molar-refractivity contribution in [3.05, 3.63) is 83.7 Å². The van der Waals surface area contributed by atoms with Crippen molar-refractivity contribution in [1.82, 2.24) is 15.2 Å². The second-order valence-corrected chi connectivity index (χ2v) is 10.4. The number of aliphatic hydroxyl groups is 2. The van der Waals surface area contributed by atoms with E-state index in [-0.39, 0.29) is 24.7 Å². The molecule has 7 nitrogen and oxygen atoms in total. The number of aryl methyl sites for hydroxylation is 1. The smallest absolute Gasteiger partial charge is 0.194 e. The second-order valence-electron chi connectivity index (χ2n) is 10.4. The standard InChI is InChI=1S/C31H43N3O4/c1-24-8-3-4-9-28(24)29-10-5-14-31(25(29)2,38-21-7-18-34-19-13-27(36)22-34)37-20-6-15-33-30(23-35)26-11-16-32-17-12-26/h3-5,8-12,14,16-17,25,27,30,33,35-36H,6-7,13,15,18-23H2,1-2H3/t25?,27-,30?,31?/m1/s1. The summed E-state index contributed by atoms with van der Waals surface area (Å²) >= 11 is 0. The highest BCUT2D eigenvalue weighted by Gasteiger charge is 2.40. The molecule has 38 heavy (non-hydrogen) atoms. The molecular weight excluding hydrogens is 478 g/mol. The molecule has 1 saturated heterocycles. The van der Waals surface area contributed by atoms with Gasteiger partial charge in [0.2, 0.25) is 0 Å². The highest BCUT2D eigenvalue weighted by atomic mass is 16.7. The lowest BCUT2D eigenvalue weighted by Crippen LogP contribution is -2.43. The lowest BCUT2D eigenvalue weighted by atomic mass is 9.82. The minimum absolute atomic E-state index is 0.0113. The molecule has 1 aliphatic heterocycles. The first-order valence-corrected chi connectivity index (χ1v) is 13.9. The zero-order valence-corrected chi connectivity index (χ0v) is 22.8. The average Bonchev–Trinajstić information content (AvgIpc) is 3.36. The number of hydrogen-bond acceptors (Lipinski definition) is 7. The number of hydrogen-bond donors (Lipinski definition) is 3. The molecule has 1 aromatic carbocycles. The fraction of sp³-hybridized carbons (Fsp3) is 0.516. The number of aliphatic hydroxyl groups excluding tert-OH is 2. The first kappa shape index (κ1) is 28.6. The van der Waals surface area contributed by atoms with Crippen LogP contribution in [-0.4, -0.2) is 78.0 Å². The Bertz CT molecular complexity index is 1060. The lowest BCUT2D eigenvalue weighted by molar-refractivity contribution is -0.223. The highest BCUT2D eigenvalue weighted by Crippen LogP contribution is 2.40. The Morgan fingerprint density at radius 3 is 2.61 bits per heavy atom. The quantitative estimate of drug-likeness (QED) is 0.257. The van der Waals surface area contributed by atoms with Gasteiger partial charge >= 0.3 is 0 Å². The van der Waals surface area contributed by atoms with E-state index in [1.807, 2.05) is 12.1 Å². The summed E-state index contributed by atoms with van der Waals surface area (Å²) in [5.74, 6) is -0.838. The maximum Gasteiger partial charge on any atom is 0.194 e. The van der Waals surface area contributed by atoms with Gasteiger partial charge in [0.25, 0.3) is 0 Å². The molecule has 0 spiro atoms. The summed E-state index contributed by atoms with van der Waals surface area (Å²) in [6, 6.07) is 12.2. The SMILES string of the molecule is Cc1ccccc1C1=CC=CC(OCCCNC(CO)c2ccncc2)(OCCCN2CC[C@@H](O)C2)C1C. The molecule has 0 saturated carbocycles. The van der Waals surface area contributed by atoms with Crippen molar-refractivity contribution in [2.45, 2.75) is 51.0 Å². The Balaban J connectivity index is 1.37. The number of pyridine rings is 1. The van der Waals surface area contributed by atoms with Crippen molar-refractivity contribution < 1.29 is 19.7 Å². The van der Waals surface area contributed by atoms with Crippen LogP contribution in [0.5, 0.6) is 0 Å². The number of nitrogens with zero attached hydrogens (tertiary/aromatic N) is 2. The average molecular weight is 522 g/mol. The third kappa shape index (κ3) is 7.38. The third-order valence-corrected chi connectivity index (χ3v) is 7.65. The van der Waals surface area contributed by atoms with Gasteiger partial charge in [-0.05, 0) is 73.2 Å². The molecule has 2 aromatic rings. The van der Waals surface area contributed by atoms with Crippen LogP contribution in [0.3, 0.4) is 0 Å². The summed E-state index contributed by atoms with van der Waals surface area (Å²) in [6.07, 6.45) is 12.1. The monoisotopic (exact) mass is 521 g/mol. The highest BCUT2D eigenvalue weighted by molar-refractivity contribution is 5.73. The summed E-state index contributed by atoms with van der Waals surface area (Å²) in [7, 11) is 0. The van der Waals surface area contributed by atoms with E-state index in [9.17, 15) is 10.2 Å². The van der Waals surface area contributed by atoms with E-state index in [1.54, 1.807) is 12.4 Å². The molecule has 2 aliphatic rings. The Hall–Kier alpha value is -2.39. The molecule has 1 aliphatic carbocycles. The first-order chi connectivity index (χ1) is 18.5. The van der Waals surface area contributed by atoms with Crippen molar-refractivity contribution >= 4 is 5.57 Å². The number of benzene rings is 1. The van der Waals surface area contributed by atoms with E-state index in [0.717, 1.165) is 44.5 Å². The number of rotatable bonds is 14. The maximum atomic E-state index is 9.82. The van der Waals surface area contributed by atoms with Crippen molar-refractivity contribution in [1.29, 1.82) is 0 Å². The second kappa shape index (κ2) is 14.1. The topological polar surface area (TPSA) is 87.1 Å². The van der Waals surface area contributed by atoms with Crippen LogP contribution in [0.25, 0.3) is 5.57 Å². The zero-order valence-electron chi connectivity index (χ0n) is 22.8. The molecule has 0 amide bonds. The predicted molar refractivity (Wildman–Crippen MR) is 150 cm³/mol. The summed E-state index contributed by atoms with van der Waals surface area (Å²) in [6.45, 7) is 8.76. The van der Waals surface area contributed by atoms with E-state index >= 15 is 0 Å². The van der Waals surface area contributed by atoms with Crippen LogP contribution in [0, 0.1) is 12.8 Å². The molecule has 3 unspecified atom stereocenters. The van der Waals surface area contributed by atoms with Gasteiger partial charge in [0, 0.05) is 37.9 Å². The minimum atomic E-state index is -0.849. The van der Waals surface area contributed by atoms with E-state index in [1.165, 1.54) is 16.7 Å². The Kier molecular flexibility index (Phi) is 10.6. The fourth-order valence-electron chi connectivity index (χ4n) is 5.40. The normalized spacial score (nSPS) is 24.5. The van der Waals surface area contributed by atoms with Crippen LogP contribution in [-0.2, 0) is 9.47 Å². The summed E-state index contributed by atoms with van der Waals surface area (Å²) in [4.78, 5) is 6.36. The predicted octanol–water partition coefficient (Wildman–Crippen LogP) is 3.88. The Morgan fingerprint density at radius 2 is 1.89 bits per heavy atom. The lowest BCUT2D eigenvalue weighted by Gasteiger charge is -2.40. The molecular formula is C31H43N3O4. The first-order valence-electron chi connectivity index (χ1n) is 13.9. The molecule has 2 heterocycles. The van der Waals surface area contributed by atoms with Crippen LogP contribution in [0.2, 0.25) is 0 Å². The molecule has 206 valence electrons. The number of likely N-dealkylation sites (tertiary alicyclic amines) is 1. The number of ether oxygens (including phenoxy) is 2. The maximum absolute atomic E-state index is 9.82. The van der Waals surface area contributed by atoms with Crippen LogP contribution in [0.1, 0.15) is 48.9 Å². The largest absolute Gasteiger partial charge is 0.394 e. The molecule has 3 N–H and O–H groups in total. The van der Waals surface area contributed by atoms with Crippen LogP contribution >= 0.6 is 0 Å². The van der Waals surface area contributed by atoms with Gasteiger partial charge in [0.1, 0.15) is 0 Å². The Morgan fingerprint density at radius 1 is 1.13 bits per heavy atom.